The van der Waals surface area contributed by atoms with Crippen molar-refractivity contribution >= 4 is 33.3 Å². The molecule has 0 bridgehead atoms. The summed E-state index contributed by atoms with van der Waals surface area (Å²) in [5, 5.41) is 8.37. The molecule has 1 N–H and O–H groups in total. The molecule has 28 heavy (non-hydrogen) atoms. The Bertz CT molecular complexity index is 1230. The molecule has 0 saturated carbocycles. The molecule has 140 valence electrons. The fraction of sp³-hybridized carbons (Fsp3) is 0.190. The fourth-order valence-corrected chi connectivity index (χ4v) is 4.80. The van der Waals surface area contributed by atoms with E-state index in [-0.39, 0.29) is 17.6 Å². The summed E-state index contributed by atoms with van der Waals surface area (Å²) in [5.41, 5.74) is 4.78. The van der Waals surface area contributed by atoms with Crippen LogP contribution < -0.4 is 5.32 Å². The van der Waals surface area contributed by atoms with Gasteiger partial charge >= 0.3 is 0 Å². The van der Waals surface area contributed by atoms with E-state index in [1.54, 1.807) is 16.8 Å². The lowest BCUT2D eigenvalue weighted by Gasteiger charge is -2.24. The van der Waals surface area contributed by atoms with E-state index in [0.29, 0.717) is 17.4 Å². The number of carbonyl (C=O) groups excluding carboxylic acids is 1. The lowest BCUT2D eigenvalue weighted by Crippen LogP contribution is -2.24. The normalized spacial score (nSPS) is 16.2. The predicted molar refractivity (Wildman–Crippen MR) is 108 cm³/mol. The summed E-state index contributed by atoms with van der Waals surface area (Å²) in [6, 6.07) is 12.4. The van der Waals surface area contributed by atoms with Gasteiger partial charge in [0.15, 0.2) is 0 Å². The Morgan fingerprint density at radius 1 is 1.18 bits per heavy atom. The number of carbonyl (C=O) groups is 1. The van der Waals surface area contributed by atoms with Crippen molar-refractivity contribution in [1.29, 1.82) is 0 Å². The Kier molecular flexibility index (Phi) is 3.80. The molecule has 2 aromatic carbocycles. The molecule has 0 spiro atoms. The Morgan fingerprint density at radius 2 is 1.96 bits per heavy atom. The molecule has 1 aliphatic heterocycles. The fourth-order valence-electron chi connectivity index (χ4n) is 3.78. The van der Waals surface area contributed by atoms with Crippen molar-refractivity contribution in [3.63, 3.8) is 0 Å². The molecular weight excluding hydrogens is 375 g/mol. The van der Waals surface area contributed by atoms with Crippen molar-refractivity contribution in [3.05, 3.63) is 70.7 Å². The first-order valence-corrected chi connectivity index (χ1v) is 9.83. The Hall–Kier alpha value is -3.06. The Morgan fingerprint density at radius 3 is 2.75 bits per heavy atom. The maximum absolute atomic E-state index is 13.4. The number of thiazole rings is 1. The summed E-state index contributed by atoms with van der Waals surface area (Å²) in [7, 11) is 0. The lowest BCUT2D eigenvalue weighted by atomic mass is 9.86. The zero-order valence-corrected chi connectivity index (χ0v) is 16.2. The number of anilines is 1. The van der Waals surface area contributed by atoms with E-state index >= 15 is 0 Å². The number of benzene rings is 2. The van der Waals surface area contributed by atoms with Gasteiger partial charge in [-0.25, -0.2) is 9.37 Å². The number of aryl methyl sites for hydroxylation is 2. The van der Waals surface area contributed by atoms with Gasteiger partial charge in [0.25, 0.3) is 0 Å². The van der Waals surface area contributed by atoms with Gasteiger partial charge < -0.3 is 5.32 Å². The van der Waals surface area contributed by atoms with Crippen LogP contribution in [-0.4, -0.2) is 20.7 Å². The topological polar surface area (TPSA) is 59.8 Å². The van der Waals surface area contributed by atoms with Gasteiger partial charge in [0, 0.05) is 17.9 Å². The number of aromatic nitrogens is 3. The van der Waals surface area contributed by atoms with Gasteiger partial charge in [-0.15, -0.1) is 0 Å². The highest BCUT2D eigenvalue weighted by molar-refractivity contribution is 7.20. The monoisotopic (exact) mass is 392 g/mol. The van der Waals surface area contributed by atoms with E-state index < -0.39 is 0 Å². The zero-order valence-electron chi connectivity index (χ0n) is 15.4. The van der Waals surface area contributed by atoms with Crippen LogP contribution in [0.4, 0.5) is 10.2 Å². The molecule has 1 atom stereocenters. The van der Waals surface area contributed by atoms with E-state index in [1.807, 2.05) is 26.0 Å². The second-order valence-corrected chi connectivity index (χ2v) is 8.09. The first kappa shape index (κ1) is 17.1. The van der Waals surface area contributed by atoms with E-state index in [2.05, 4.69) is 16.5 Å². The standard InChI is InChI=1S/C21H17FN4OS/c1-11-3-8-16-17(9-11)28-21(23-16)26-20-19(12(2)25-26)15(10-18(27)24-20)13-4-6-14(22)7-5-13/h3-9,15H,10H2,1-2H3,(H,24,27). The van der Waals surface area contributed by atoms with E-state index in [4.69, 9.17) is 4.98 Å². The van der Waals surface area contributed by atoms with Crippen LogP contribution in [0.2, 0.25) is 0 Å². The molecule has 0 aliphatic carbocycles. The average Bonchev–Trinajstić information content (AvgIpc) is 3.22. The van der Waals surface area contributed by atoms with Crippen molar-refractivity contribution in [1.82, 2.24) is 14.8 Å². The Labute approximate surface area is 164 Å². The summed E-state index contributed by atoms with van der Waals surface area (Å²) in [5.74, 6) is 0.120. The van der Waals surface area contributed by atoms with Crippen LogP contribution in [0.15, 0.2) is 42.5 Å². The second kappa shape index (κ2) is 6.24. The third-order valence-corrected chi connectivity index (χ3v) is 6.08. The minimum Gasteiger partial charge on any atom is -0.310 e. The highest BCUT2D eigenvalue weighted by Crippen LogP contribution is 2.41. The van der Waals surface area contributed by atoms with Crippen LogP contribution in [0.5, 0.6) is 0 Å². The lowest BCUT2D eigenvalue weighted by molar-refractivity contribution is -0.116. The number of halogens is 1. The minimum absolute atomic E-state index is 0.0834. The zero-order chi connectivity index (χ0) is 19.4. The van der Waals surface area contributed by atoms with Crippen LogP contribution >= 0.6 is 11.3 Å². The van der Waals surface area contributed by atoms with Crippen molar-refractivity contribution in [2.75, 3.05) is 5.32 Å². The number of rotatable bonds is 2. The smallest absolute Gasteiger partial charge is 0.226 e. The molecule has 4 aromatic rings. The number of nitrogens with one attached hydrogen (secondary N) is 1. The largest absolute Gasteiger partial charge is 0.310 e. The van der Waals surface area contributed by atoms with Crippen LogP contribution in [0.25, 0.3) is 15.3 Å². The maximum atomic E-state index is 13.4. The highest BCUT2D eigenvalue weighted by atomic mass is 32.1. The van der Waals surface area contributed by atoms with E-state index in [1.165, 1.54) is 29.0 Å². The van der Waals surface area contributed by atoms with Crippen molar-refractivity contribution in [3.8, 4) is 5.13 Å². The number of hydrogen-bond donors (Lipinski definition) is 1. The minimum atomic E-state index is -0.290. The summed E-state index contributed by atoms with van der Waals surface area (Å²) < 4.78 is 16.2. The van der Waals surface area contributed by atoms with Gasteiger partial charge in [-0.2, -0.15) is 9.78 Å². The molecule has 1 amide bonds. The summed E-state index contributed by atoms with van der Waals surface area (Å²) in [6.07, 6.45) is 0.310. The van der Waals surface area contributed by atoms with Gasteiger partial charge in [0.2, 0.25) is 11.0 Å². The van der Waals surface area contributed by atoms with Crippen LogP contribution in [-0.2, 0) is 4.79 Å². The van der Waals surface area contributed by atoms with Gasteiger partial charge in [-0.05, 0) is 49.2 Å². The van der Waals surface area contributed by atoms with Crippen molar-refractivity contribution < 1.29 is 9.18 Å². The van der Waals surface area contributed by atoms with Crippen LogP contribution in [0, 0.1) is 19.7 Å². The molecule has 5 nitrogen and oxygen atoms in total. The summed E-state index contributed by atoms with van der Waals surface area (Å²) in [6.45, 7) is 3.98. The predicted octanol–water partition coefficient (Wildman–Crippen LogP) is 4.71. The third-order valence-electron chi connectivity index (χ3n) is 5.09. The molecule has 5 rings (SSSR count). The molecule has 1 unspecified atom stereocenters. The summed E-state index contributed by atoms with van der Waals surface area (Å²) in [4.78, 5) is 17.1. The van der Waals surface area contributed by atoms with Crippen molar-refractivity contribution in [2.45, 2.75) is 26.2 Å². The molecule has 0 fully saturated rings. The average molecular weight is 392 g/mol. The Balaban J connectivity index is 1.67. The second-order valence-electron chi connectivity index (χ2n) is 7.08. The van der Waals surface area contributed by atoms with Gasteiger partial charge in [-0.3, -0.25) is 4.79 Å². The molecule has 0 radical (unpaired) electrons. The molecule has 0 saturated heterocycles. The highest BCUT2D eigenvalue weighted by Gasteiger charge is 2.33. The number of amides is 1. The van der Waals surface area contributed by atoms with Gasteiger partial charge in [0.1, 0.15) is 11.6 Å². The van der Waals surface area contributed by atoms with Crippen molar-refractivity contribution in [2.24, 2.45) is 0 Å². The molecule has 1 aliphatic rings. The number of hydrogen-bond acceptors (Lipinski definition) is 4. The number of nitrogens with zero attached hydrogens (tertiary/aromatic N) is 3. The van der Waals surface area contributed by atoms with Crippen LogP contribution in [0.3, 0.4) is 0 Å². The molecular formula is C21H17FN4OS. The van der Waals surface area contributed by atoms with Crippen LogP contribution in [0.1, 0.15) is 34.7 Å². The maximum Gasteiger partial charge on any atom is 0.226 e. The van der Waals surface area contributed by atoms with Gasteiger partial charge in [0.05, 0.1) is 15.9 Å². The SMILES string of the molecule is Cc1ccc2nc(-n3nc(C)c4c3NC(=O)CC4c3ccc(F)cc3)sc2c1. The van der Waals surface area contributed by atoms with Gasteiger partial charge in [-0.1, -0.05) is 29.5 Å². The molecule has 7 heteroatoms. The van der Waals surface area contributed by atoms with E-state index in [0.717, 1.165) is 27.0 Å². The first-order chi connectivity index (χ1) is 13.5. The molecule has 2 aromatic heterocycles. The summed E-state index contributed by atoms with van der Waals surface area (Å²) >= 11 is 1.54. The quantitative estimate of drug-likeness (QED) is 0.537. The third kappa shape index (κ3) is 2.70. The molecule has 3 heterocycles. The van der Waals surface area contributed by atoms with E-state index in [9.17, 15) is 9.18 Å². The first-order valence-electron chi connectivity index (χ1n) is 9.02. The number of fused-ring (bicyclic) bond motifs is 2.